The van der Waals surface area contributed by atoms with E-state index in [1.165, 1.54) is 12.1 Å². The van der Waals surface area contributed by atoms with E-state index in [4.69, 9.17) is 0 Å². The molecule has 8 heteroatoms. The molecule has 28 heavy (non-hydrogen) atoms. The summed E-state index contributed by atoms with van der Waals surface area (Å²) in [5, 5.41) is 3.29. The highest BCUT2D eigenvalue weighted by molar-refractivity contribution is 5.85. The van der Waals surface area contributed by atoms with Gasteiger partial charge in [-0.3, -0.25) is 4.79 Å². The zero-order valence-corrected chi connectivity index (χ0v) is 16.9. The van der Waals surface area contributed by atoms with E-state index < -0.39 is 0 Å². The molecule has 2 aromatic carbocycles. The molecule has 0 aliphatic carbocycles. The Morgan fingerprint density at radius 2 is 2.00 bits per heavy atom. The molecule has 1 atom stereocenters. The molecule has 1 aromatic heterocycles. The Balaban J connectivity index is 0.00000140. The Bertz CT molecular complexity index is 900. The summed E-state index contributed by atoms with van der Waals surface area (Å²) in [6, 6.07) is 14.2. The highest BCUT2D eigenvalue weighted by Crippen LogP contribution is 2.24. The average molecular weight is 425 g/mol. The number of nitrogens with zero attached hydrogens (tertiary/aromatic N) is 2. The van der Waals surface area contributed by atoms with Crippen LogP contribution in [0.1, 0.15) is 23.9 Å². The third-order valence-electron chi connectivity index (χ3n) is 4.81. The molecule has 0 radical (unpaired) electrons. The summed E-state index contributed by atoms with van der Waals surface area (Å²) >= 11 is 0. The van der Waals surface area contributed by atoms with Crippen LogP contribution in [-0.4, -0.2) is 40.4 Å². The molecule has 1 aliphatic heterocycles. The van der Waals surface area contributed by atoms with Crippen molar-refractivity contribution in [1.82, 2.24) is 20.2 Å². The molecule has 5 nitrogen and oxygen atoms in total. The second kappa shape index (κ2) is 9.87. The summed E-state index contributed by atoms with van der Waals surface area (Å²) in [6.07, 6.45) is 0.943. The lowest BCUT2D eigenvalue weighted by Crippen LogP contribution is -2.48. The van der Waals surface area contributed by atoms with Crippen molar-refractivity contribution in [3.8, 4) is 0 Å². The Morgan fingerprint density at radius 3 is 2.79 bits per heavy atom. The first-order valence-electron chi connectivity index (χ1n) is 8.90. The van der Waals surface area contributed by atoms with Gasteiger partial charge in [0.15, 0.2) is 0 Å². The maximum atomic E-state index is 13.6. The SMILES string of the molecule is Cl.Cl.O=C(CCc1nc2ccccc2[nH]1)N1CCNCC1c1cccc(F)c1. The molecule has 2 heterocycles. The number of fused-ring (bicyclic) bond motifs is 1. The van der Waals surface area contributed by atoms with Crippen molar-refractivity contribution in [3.63, 3.8) is 0 Å². The summed E-state index contributed by atoms with van der Waals surface area (Å²) in [7, 11) is 0. The van der Waals surface area contributed by atoms with Gasteiger partial charge < -0.3 is 15.2 Å². The van der Waals surface area contributed by atoms with E-state index in [1.54, 1.807) is 6.07 Å². The van der Waals surface area contributed by atoms with Gasteiger partial charge in [-0.15, -0.1) is 24.8 Å². The Kier molecular flexibility index (Phi) is 7.80. The van der Waals surface area contributed by atoms with E-state index in [2.05, 4.69) is 15.3 Å². The summed E-state index contributed by atoms with van der Waals surface area (Å²) in [6.45, 7) is 2.02. The van der Waals surface area contributed by atoms with Gasteiger partial charge in [-0.25, -0.2) is 9.37 Å². The maximum absolute atomic E-state index is 13.6. The van der Waals surface area contributed by atoms with E-state index in [9.17, 15) is 9.18 Å². The Hall–Kier alpha value is -2.15. The Morgan fingerprint density at radius 1 is 1.18 bits per heavy atom. The minimum atomic E-state index is -0.275. The van der Waals surface area contributed by atoms with Gasteiger partial charge in [0, 0.05) is 32.5 Å². The van der Waals surface area contributed by atoms with Gasteiger partial charge in [0.05, 0.1) is 17.1 Å². The van der Waals surface area contributed by atoms with Crippen molar-refractivity contribution < 1.29 is 9.18 Å². The Labute approximate surface area is 175 Å². The number of hydrogen-bond acceptors (Lipinski definition) is 3. The second-order valence-electron chi connectivity index (χ2n) is 6.56. The third-order valence-corrected chi connectivity index (χ3v) is 4.81. The van der Waals surface area contributed by atoms with E-state index in [0.717, 1.165) is 29.0 Å². The minimum Gasteiger partial charge on any atom is -0.342 e. The van der Waals surface area contributed by atoms with Crippen LogP contribution in [0.15, 0.2) is 48.5 Å². The van der Waals surface area contributed by atoms with Gasteiger partial charge in [-0.2, -0.15) is 0 Å². The molecule has 1 unspecified atom stereocenters. The van der Waals surface area contributed by atoms with Gasteiger partial charge in [-0.05, 0) is 29.8 Å². The van der Waals surface area contributed by atoms with E-state index >= 15 is 0 Å². The zero-order chi connectivity index (χ0) is 17.9. The number of carbonyl (C=O) groups is 1. The number of halogens is 3. The predicted molar refractivity (Wildman–Crippen MR) is 113 cm³/mol. The smallest absolute Gasteiger partial charge is 0.223 e. The van der Waals surface area contributed by atoms with Crippen molar-refractivity contribution in [2.24, 2.45) is 0 Å². The average Bonchev–Trinajstić information content (AvgIpc) is 3.09. The molecule has 0 saturated carbocycles. The number of rotatable bonds is 4. The van der Waals surface area contributed by atoms with Crippen LogP contribution in [0.2, 0.25) is 0 Å². The van der Waals surface area contributed by atoms with Crippen LogP contribution in [-0.2, 0) is 11.2 Å². The number of aryl methyl sites for hydroxylation is 1. The molecular formula is C20H23Cl2FN4O. The molecule has 150 valence electrons. The molecule has 1 fully saturated rings. The zero-order valence-electron chi connectivity index (χ0n) is 15.2. The number of aromatic nitrogens is 2. The lowest BCUT2D eigenvalue weighted by molar-refractivity contribution is -0.134. The normalized spacial score (nSPS) is 16.3. The van der Waals surface area contributed by atoms with Gasteiger partial charge in [0.25, 0.3) is 0 Å². The summed E-state index contributed by atoms with van der Waals surface area (Å²) < 4.78 is 13.6. The van der Waals surface area contributed by atoms with E-state index in [-0.39, 0.29) is 42.6 Å². The number of imidazole rings is 1. The highest BCUT2D eigenvalue weighted by atomic mass is 35.5. The van der Waals surface area contributed by atoms with Crippen LogP contribution in [0.25, 0.3) is 11.0 Å². The van der Waals surface area contributed by atoms with Gasteiger partial charge in [-0.1, -0.05) is 24.3 Å². The monoisotopic (exact) mass is 424 g/mol. The van der Waals surface area contributed by atoms with Crippen LogP contribution in [0.5, 0.6) is 0 Å². The van der Waals surface area contributed by atoms with Crippen LogP contribution < -0.4 is 5.32 Å². The molecule has 2 N–H and O–H groups in total. The molecule has 1 amide bonds. The van der Waals surface area contributed by atoms with Crippen LogP contribution in [0.4, 0.5) is 4.39 Å². The lowest BCUT2D eigenvalue weighted by Gasteiger charge is -2.36. The number of piperazine rings is 1. The quantitative estimate of drug-likeness (QED) is 0.671. The number of amides is 1. The standard InChI is InChI=1S/C20H21FN4O.2ClH/c21-15-5-3-4-14(12-15)18-13-22-10-11-25(18)20(26)9-8-19-23-16-6-1-2-7-17(16)24-19;;/h1-7,12,18,22H,8-11,13H2,(H,23,24);2*1H. The van der Waals surface area contributed by atoms with Gasteiger partial charge in [0.2, 0.25) is 5.91 Å². The number of carbonyl (C=O) groups excluding carboxylic acids is 1. The third kappa shape index (κ3) is 4.82. The summed E-state index contributed by atoms with van der Waals surface area (Å²) in [5.74, 6) is 0.612. The molecular weight excluding hydrogens is 402 g/mol. The van der Waals surface area contributed by atoms with Crippen LogP contribution in [0.3, 0.4) is 0 Å². The van der Waals surface area contributed by atoms with Crippen molar-refractivity contribution in [3.05, 3.63) is 65.7 Å². The van der Waals surface area contributed by atoms with Crippen molar-refractivity contribution in [2.45, 2.75) is 18.9 Å². The summed E-state index contributed by atoms with van der Waals surface area (Å²) in [4.78, 5) is 22.5. The number of aromatic amines is 1. The fraction of sp³-hybridized carbons (Fsp3) is 0.300. The molecule has 0 bridgehead atoms. The van der Waals surface area contributed by atoms with Crippen molar-refractivity contribution in [2.75, 3.05) is 19.6 Å². The predicted octanol–water partition coefficient (Wildman–Crippen LogP) is 3.65. The highest BCUT2D eigenvalue weighted by Gasteiger charge is 2.27. The minimum absolute atomic E-state index is 0. The van der Waals surface area contributed by atoms with Gasteiger partial charge in [0.1, 0.15) is 11.6 Å². The largest absolute Gasteiger partial charge is 0.342 e. The molecule has 1 aliphatic rings. The number of benzene rings is 2. The van der Waals surface area contributed by atoms with Gasteiger partial charge >= 0.3 is 0 Å². The summed E-state index contributed by atoms with van der Waals surface area (Å²) in [5.41, 5.74) is 2.72. The van der Waals surface area contributed by atoms with E-state index in [1.807, 2.05) is 35.2 Å². The van der Waals surface area contributed by atoms with Crippen LogP contribution in [0, 0.1) is 5.82 Å². The van der Waals surface area contributed by atoms with E-state index in [0.29, 0.717) is 25.9 Å². The first kappa shape index (κ1) is 22.1. The molecule has 1 saturated heterocycles. The molecule has 3 aromatic rings. The fourth-order valence-corrected chi connectivity index (χ4v) is 3.51. The first-order valence-corrected chi connectivity index (χ1v) is 8.90. The van der Waals surface area contributed by atoms with Crippen molar-refractivity contribution >= 4 is 41.8 Å². The fourth-order valence-electron chi connectivity index (χ4n) is 3.51. The van der Waals surface area contributed by atoms with Crippen molar-refractivity contribution in [1.29, 1.82) is 0 Å². The first-order chi connectivity index (χ1) is 12.7. The maximum Gasteiger partial charge on any atom is 0.223 e. The number of para-hydroxylation sites is 2. The number of H-pyrrole nitrogens is 1. The number of hydrogen-bond donors (Lipinski definition) is 2. The molecule has 0 spiro atoms. The second-order valence-corrected chi connectivity index (χ2v) is 6.56. The lowest BCUT2D eigenvalue weighted by atomic mass is 10.0. The topological polar surface area (TPSA) is 61.0 Å². The number of nitrogens with one attached hydrogen (secondary N) is 2. The van der Waals surface area contributed by atoms with Crippen LogP contribution >= 0.6 is 24.8 Å². The molecule has 4 rings (SSSR count).